The third kappa shape index (κ3) is 0.667. The van der Waals surface area contributed by atoms with Crippen molar-refractivity contribution < 1.29 is 0 Å². The summed E-state index contributed by atoms with van der Waals surface area (Å²) in [6.45, 7) is 73.7. The van der Waals surface area contributed by atoms with E-state index in [2.05, 4.69) is 166 Å². The Morgan fingerprint density at radius 1 is 0.103 bits per heavy atom. The van der Waals surface area contributed by atoms with Crippen molar-refractivity contribution in [2.45, 2.75) is 166 Å². The molecule has 0 aromatic carbocycles. The zero-order valence-electron chi connectivity index (χ0n) is 41.0. The van der Waals surface area contributed by atoms with Gasteiger partial charge >= 0.3 is 0 Å². The first-order chi connectivity index (χ1) is 26.0. The van der Waals surface area contributed by atoms with E-state index in [-0.39, 0.29) is 0 Å². The Balaban J connectivity index is 1.04. The highest BCUT2D eigenvalue weighted by atomic mass is 15.7. The quantitative estimate of drug-likeness (QED) is 0.230. The van der Waals surface area contributed by atoms with Crippen molar-refractivity contribution in [2.75, 3.05) is 0 Å². The molecule has 0 heteroatoms. The van der Waals surface area contributed by atoms with E-state index in [1.54, 1.807) is 0 Å². The topological polar surface area (TPSA) is 0 Å². The molecule has 24 aliphatic carbocycles. The van der Waals surface area contributed by atoms with Crippen LogP contribution in [0.3, 0.4) is 0 Å². The molecule has 0 N–H and O–H groups in total. The minimum absolute atomic E-state index is 0.348. The molecule has 304 valence electrons. The van der Waals surface area contributed by atoms with Crippen LogP contribution in [0, 0.1) is 184 Å². The van der Waals surface area contributed by atoms with E-state index in [4.69, 9.17) is 0 Å². The first kappa shape index (κ1) is 29.4. The zero-order chi connectivity index (χ0) is 41.0. The van der Waals surface area contributed by atoms with Crippen LogP contribution in [0.2, 0.25) is 0 Å². The van der Waals surface area contributed by atoms with Crippen molar-refractivity contribution in [3.63, 3.8) is 0 Å². The van der Waals surface area contributed by atoms with E-state index in [0.29, 0.717) is 184 Å². The highest BCUT2D eigenvalue weighted by molar-refractivity contribution is 6.11. The third-order valence-electron chi connectivity index (χ3n) is 45.2. The summed E-state index contributed by atoms with van der Waals surface area (Å²) in [6, 6.07) is 0. The van der Waals surface area contributed by atoms with Crippen LogP contribution in [0.5, 0.6) is 0 Å². The molecule has 0 aromatic heterocycles. The van der Waals surface area contributed by atoms with Gasteiger partial charge in [-0.2, -0.15) is 0 Å². The second-order valence-corrected chi connectivity index (χ2v) is 35.0. The summed E-state index contributed by atoms with van der Waals surface area (Å²) in [7, 11) is 0. The van der Waals surface area contributed by atoms with Crippen molar-refractivity contribution in [3.8, 4) is 0 Å². The molecule has 0 aromatic rings. The first-order valence-electron chi connectivity index (χ1n) is 26.0. The lowest BCUT2D eigenvalue weighted by Gasteiger charge is -3.60. The number of hydrogen-bond donors (Lipinski definition) is 0. The van der Waals surface area contributed by atoms with Gasteiger partial charge in [-0.25, -0.2) is 0 Å². The van der Waals surface area contributed by atoms with Crippen LogP contribution in [0.4, 0.5) is 0 Å². The Labute approximate surface area is 348 Å². The minimum Gasteiger partial charge on any atom is -0.0588 e. The van der Waals surface area contributed by atoms with Gasteiger partial charge in [0.1, 0.15) is 0 Å². The Morgan fingerprint density at radius 2 is 0.207 bits per heavy atom. The van der Waals surface area contributed by atoms with Crippen molar-refractivity contribution in [1.29, 1.82) is 0 Å². The predicted octanol–water partition coefficient (Wildman–Crippen LogP) is 12.3. The van der Waals surface area contributed by atoms with Crippen LogP contribution in [0.25, 0.3) is 0 Å². The molecule has 0 heterocycles. The van der Waals surface area contributed by atoms with Gasteiger partial charge in [0.05, 0.1) is 0 Å². The second-order valence-electron chi connectivity index (χ2n) is 35.0. The van der Waals surface area contributed by atoms with Gasteiger partial charge in [0.25, 0.3) is 0 Å². The van der Waals surface area contributed by atoms with Gasteiger partial charge in [0.2, 0.25) is 0 Å². The van der Waals surface area contributed by atoms with Crippen LogP contribution in [-0.2, 0) is 0 Å². The van der Waals surface area contributed by atoms with E-state index in [1.807, 2.05) is 0 Å². The van der Waals surface area contributed by atoms with Gasteiger partial charge < -0.3 is 0 Å². The van der Waals surface area contributed by atoms with E-state index in [9.17, 15) is 0 Å². The van der Waals surface area contributed by atoms with E-state index in [1.165, 1.54) is 0 Å². The average molecular weight is 769 g/mol. The lowest BCUT2D eigenvalue weighted by atomic mass is 8.42. The predicted molar refractivity (Wildman–Crippen MR) is 219 cm³/mol. The molecule has 24 aliphatic rings. The van der Waals surface area contributed by atoms with Crippen molar-refractivity contribution in [3.05, 3.63) is 0 Å². The van der Waals surface area contributed by atoms with Gasteiger partial charge in [-0.1, -0.05) is 166 Å². The average Bonchev–Trinajstić information content (AvgIpc) is 3.40. The van der Waals surface area contributed by atoms with Crippen molar-refractivity contribution >= 4 is 0 Å². The van der Waals surface area contributed by atoms with Gasteiger partial charge in [0.15, 0.2) is 0 Å². The molecule has 0 radical (unpaired) electrons. The fourth-order valence-electron chi connectivity index (χ4n) is 50.8. The summed E-state index contributed by atoms with van der Waals surface area (Å²) in [6.07, 6.45) is 0. The maximum absolute atomic E-state index is 3.19. The van der Waals surface area contributed by atoms with Crippen LogP contribution < -0.4 is 0 Å². The monoisotopic (exact) mass is 769 g/mol. The third-order valence-corrected chi connectivity index (χ3v) is 45.2. The van der Waals surface area contributed by atoms with Crippen LogP contribution in [0.15, 0.2) is 0 Å². The van der Waals surface area contributed by atoms with Crippen LogP contribution >= 0.6 is 0 Å². The molecule has 30 unspecified atom stereocenters. The van der Waals surface area contributed by atoms with Crippen molar-refractivity contribution in [2.24, 2.45) is 184 Å². The molecular formula is C58H72. The maximum Gasteiger partial charge on any atom is -0.0000747 e. The molecular weight excluding hydrogens is 697 g/mol. The smallest absolute Gasteiger partial charge is 0.0000747 e. The number of rotatable bonds is 0. The van der Waals surface area contributed by atoms with E-state index < -0.39 is 0 Å². The first-order valence-corrected chi connectivity index (χ1v) is 26.0. The standard InChI is InChI=1S/C58H72/c1-25(2)29(9)37(17)30(10)26(3,4)33(13)39(19)43(23)41(21)35(15)27(5,6)31(11)38(18)32(12)28(7,8)36(16)42(22)44(24)40(20)34(25,14)45(29)48(33,37)56-49(30,39)54(43)52(41)46(31,35)50(38)47(32,36)53(42)55(44,51(40,45)56)58(54,56)57(50,52)53/h1-24H3. The van der Waals surface area contributed by atoms with Gasteiger partial charge in [-0.05, 0) is 184 Å². The van der Waals surface area contributed by atoms with Gasteiger partial charge in [0, 0.05) is 0 Å². The SMILES string of the molecule is CC1(C)C2(C)C3(C)C4(C)C(C)(C)C5(C)C6(C)C7(C)C8(C)C9(C)C(C)(C)C%10(C)C%11(C)C%12(C)C(C)(C)C%13(C)C%14(C)C%15(C)C%16(C)C1(C)C21C53C23C46C74C85C%109C%116C%12%13C%147C%15(C%1612)C43C657. The molecule has 58 heavy (non-hydrogen) atoms. The molecule has 0 saturated heterocycles. The minimum atomic E-state index is 0.348. The molecule has 0 aliphatic heterocycles. The Hall–Kier alpha value is 0. The van der Waals surface area contributed by atoms with E-state index in [0.717, 1.165) is 0 Å². The summed E-state index contributed by atoms with van der Waals surface area (Å²) < 4.78 is 0. The Kier molecular flexibility index (Phi) is 2.18. The highest BCUT2D eigenvalue weighted by Crippen LogP contribution is 3.68. The molecule has 24 saturated carbocycles. The summed E-state index contributed by atoms with van der Waals surface area (Å²) in [5.74, 6) is 0. The zero-order valence-corrected chi connectivity index (χ0v) is 41.0. The van der Waals surface area contributed by atoms with Gasteiger partial charge in [-0.15, -0.1) is 0 Å². The summed E-state index contributed by atoms with van der Waals surface area (Å²) in [5, 5.41) is 0. The lowest BCUT2D eigenvalue weighted by Crippen LogP contribution is -3.59. The summed E-state index contributed by atoms with van der Waals surface area (Å²) in [4.78, 5) is 0. The number of hydrogen-bond acceptors (Lipinski definition) is 0. The Bertz CT molecular complexity index is 3110. The second kappa shape index (κ2) is 4.30. The van der Waals surface area contributed by atoms with Gasteiger partial charge in [-0.3, -0.25) is 0 Å². The summed E-state index contributed by atoms with van der Waals surface area (Å²) >= 11 is 0. The molecule has 4 bridgehead atoms. The fraction of sp³-hybridized carbons (Fsp3) is 1.00. The molecule has 24 rings (SSSR count). The lowest BCUT2D eigenvalue weighted by molar-refractivity contribution is -1.16. The molecule has 30 atom stereocenters. The maximum atomic E-state index is 3.19. The number of fused-ring (bicyclic) bond motifs is 8. The summed E-state index contributed by atoms with van der Waals surface area (Å²) in [5.41, 5.74) is 16.8. The normalized spacial score (nSPS) is 107. The fourth-order valence-corrected chi connectivity index (χ4v) is 50.8. The largest absolute Gasteiger partial charge is 0.0588 e. The van der Waals surface area contributed by atoms with Crippen LogP contribution in [-0.4, -0.2) is 0 Å². The van der Waals surface area contributed by atoms with Crippen LogP contribution in [0.1, 0.15) is 166 Å². The highest BCUT2D eigenvalue weighted by Gasteiger charge is 3.67. The molecule has 0 amide bonds. The molecule has 24 fully saturated rings. The van der Waals surface area contributed by atoms with Crippen molar-refractivity contribution in [1.82, 2.24) is 0 Å². The Morgan fingerprint density at radius 3 is 0.500 bits per heavy atom. The molecule has 14 spiro atoms. The molecule has 0 nitrogen and oxygen atoms in total. The van der Waals surface area contributed by atoms with E-state index >= 15 is 0 Å².